The van der Waals surface area contributed by atoms with Gasteiger partial charge in [0.2, 0.25) is 11.8 Å². The second-order valence-electron chi connectivity index (χ2n) is 9.30. The molecular formula is C26H27N5O4. The van der Waals surface area contributed by atoms with Gasteiger partial charge in [-0.1, -0.05) is 35.5 Å². The fourth-order valence-corrected chi connectivity index (χ4v) is 5.86. The zero-order valence-electron chi connectivity index (χ0n) is 19.6. The standard InChI is InChI=1S/C26H27N5O4/c1-34-17-23(32)30-12-10-26-21-8-2-3-9-22(21)31(25(26)33)16-19-15-29(28-27-19)11-5-13-35-20-7-4-6-18(14-20)24(26)30/h2-4,6-9,14-15,24H,5,10-13,16-17H2,1H3/t24-,26+/m0/s1. The monoisotopic (exact) mass is 473 g/mol. The first-order valence-corrected chi connectivity index (χ1v) is 11.9. The summed E-state index contributed by atoms with van der Waals surface area (Å²) < 4.78 is 13.0. The fourth-order valence-electron chi connectivity index (χ4n) is 5.86. The van der Waals surface area contributed by atoms with E-state index in [1.54, 1.807) is 14.5 Å². The molecule has 2 aromatic carbocycles. The van der Waals surface area contributed by atoms with Crippen LogP contribution in [0.5, 0.6) is 5.75 Å². The van der Waals surface area contributed by atoms with Gasteiger partial charge in [-0.05, 0) is 35.7 Å². The Labute approximate surface area is 203 Å². The highest BCUT2D eigenvalue weighted by Gasteiger charge is 2.61. The minimum absolute atomic E-state index is 0.0211. The van der Waals surface area contributed by atoms with E-state index in [1.807, 2.05) is 54.7 Å². The lowest BCUT2D eigenvalue weighted by molar-refractivity contribution is -0.137. The van der Waals surface area contributed by atoms with Crippen molar-refractivity contribution in [2.24, 2.45) is 0 Å². The Hall–Kier alpha value is -3.72. The Morgan fingerprint density at radius 1 is 1.20 bits per heavy atom. The zero-order chi connectivity index (χ0) is 24.0. The van der Waals surface area contributed by atoms with Crippen molar-refractivity contribution in [1.82, 2.24) is 19.9 Å². The van der Waals surface area contributed by atoms with Crippen molar-refractivity contribution in [3.05, 3.63) is 71.5 Å². The number of methoxy groups -OCH3 is 1. The van der Waals surface area contributed by atoms with Crippen LogP contribution >= 0.6 is 0 Å². The normalized spacial score (nSPS) is 23.2. The predicted molar refractivity (Wildman–Crippen MR) is 127 cm³/mol. The van der Waals surface area contributed by atoms with Crippen LogP contribution in [0.4, 0.5) is 5.69 Å². The predicted octanol–water partition coefficient (Wildman–Crippen LogP) is 2.47. The highest BCUT2D eigenvalue weighted by Crippen LogP contribution is 2.57. The van der Waals surface area contributed by atoms with Crippen molar-refractivity contribution in [2.75, 3.05) is 31.8 Å². The molecule has 9 nitrogen and oxygen atoms in total. The number of hydrogen-bond acceptors (Lipinski definition) is 6. The van der Waals surface area contributed by atoms with Crippen LogP contribution in [0, 0.1) is 0 Å². The molecule has 6 rings (SSSR count). The highest BCUT2D eigenvalue weighted by molar-refractivity contribution is 6.09. The maximum Gasteiger partial charge on any atom is 0.249 e. The molecule has 1 saturated heterocycles. The minimum Gasteiger partial charge on any atom is -0.494 e. The van der Waals surface area contributed by atoms with Crippen LogP contribution in [-0.4, -0.2) is 58.6 Å². The average Bonchev–Trinajstić information content (AvgIpc) is 3.55. The maximum absolute atomic E-state index is 14.4. The van der Waals surface area contributed by atoms with Gasteiger partial charge in [-0.2, -0.15) is 0 Å². The van der Waals surface area contributed by atoms with Crippen LogP contribution in [-0.2, 0) is 32.8 Å². The smallest absolute Gasteiger partial charge is 0.249 e. The summed E-state index contributed by atoms with van der Waals surface area (Å²) in [5.74, 6) is 0.561. The van der Waals surface area contributed by atoms with Gasteiger partial charge in [0.05, 0.1) is 25.4 Å². The summed E-state index contributed by atoms with van der Waals surface area (Å²) in [5, 5.41) is 8.56. The molecule has 1 fully saturated rings. The van der Waals surface area contributed by atoms with E-state index in [0.29, 0.717) is 38.4 Å². The quantitative estimate of drug-likeness (QED) is 0.568. The molecule has 1 spiro atoms. The highest BCUT2D eigenvalue weighted by atomic mass is 16.5. The van der Waals surface area contributed by atoms with E-state index in [0.717, 1.165) is 28.9 Å². The molecular weight excluding hydrogens is 446 g/mol. The van der Waals surface area contributed by atoms with Gasteiger partial charge in [0.25, 0.3) is 0 Å². The maximum atomic E-state index is 14.4. The molecule has 0 unspecified atom stereocenters. The van der Waals surface area contributed by atoms with E-state index in [9.17, 15) is 9.59 Å². The van der Waals surface area contributed by atoms with Gasteiger partial charge < -0.3 is 19.3 Å². The first kappa shape index (κ1) is 21.8. The van der Waals surface area contributed by atoms with E-state index in [1.165, 1.54) is 7.11 Å². The molecule has 0 aliphatic carbocycles. The molecule has 0 N–H and O–H groups in total. The van der Waals surface area contributed by atoms with Crippen LogP contribution in [0.25, 0.3) is 0 Å². The number of nitrogens with zero attached hydrogens (tertiary/aromatic N) is 5. The van der Waals surface area contributed by atoms with E-state index in [2.05, 4.69) is 10.3 Å². The number of anilines is 1. The molecule has 35 heavy (non-hydrogen) atoms. The second kappa shape index (κ2) is 8.49. The number of aromatic nitrogens is 3. The van der Waals surface area contributed by atoms with Gasteiger partial charge in [0.15, 0.2) is 0 Å². The van der Waals surface area contributed by atoms with Crippen molar-refractivity contribution < 1.29 is 19.1 Å². The van der Waals surface area contributed by atoms with Gasteiger partial charge in [0.1, 0.15) is 23.5 Å². The van der Waals surface area contributed by atoms with Crippen molar-refractivity contribution in [2.45, 2.75) is 37.4 Å². The second-order valence-corrected chi connectivity index (χ2v) is 9.30. The number of para-hydroxylation sites is 1. The molecule has 2 amide bonds. The number of amides is 2. The van der Waals surface area contributed by atoms with E-state index in [-0.39, 0.29) is 18.4 Å². The van der Waals surface area contributed by atoms with Crippen LogP contribution < -0.4 is 9.64 Å². The molecule has 1 aromatic heterocycles. The molecule has 3 aliphatic heterocycles. The summed E-state index contributed by atoms with van der Waals surface area (Å²) >= 11 is 0. The van der Waals surface area contributed by atoms with Crippen LogP contribution in [0.1, 0.15) is 35.7 Å². The lowest BCUT2D eigenvalue weighted by Gasteiger charge is -2.35. The number of rotatable bonds is 2. The van der Waals surface area contributed by atoms with Crippen LogP contribution in [0.3, 0.4) is 0 Å². The number of carbonyl (C=O) groups excluding carboxylic acids is 2. The van der Waals surface area contributed by atoms with Gasteiger partial charge in [0, 0.05) is 32.3 Å². The molecule has 3 aliphatic rings. The molecule has 9 heteroatoms. The SMILES string of the molecule is COCC(=O)N1CC[C@]23C(=O)N(Cc4cn(nn4)CCCOc4cccc(c4)[C@H]12)c1ccccc13. The Morgan fingerprint density at radius 3 is 2.97 bits per heavy atom. The summed E-state index contributed by atoms with van der Waals surface area (Å²) in [6, 6.07) is 15.2. The number of carbonyl (C=O) groups is 2. The van der Waals surface area contributed by atoms with Crippen LogP contribution in [0.15, 0.2) is 54.7 Å². The van der Waals surface area contributed by atoms with Crippen molar-refractivity contribution >= 4 is 17.5 Å². The Morgan fingerprint density at radius 2 is 2.09 bits per heavy atom. The molecule has 180 valence electrons. The zero-order valence-corrected chi connectivity index (χ0v) is 19.6. The first-order chi connectivity index (χ1) is 17.1. The Balaban J connectivity index is 1.55. The summed E-state index contributed by atoms with van der Waals surface area (Å²) in [5.41, 5.74) is 2.50. The summed E-state index contributed by atoms with van der Waals surface area (Å²) in [4.78, 5) is 31.2. The average molecular weight is 474 g/mol. The third-order valence-corrected chi connectivity index (χ3v) is 7.30. The lowest BCUT2D eigenvalue weighted by Crippen LogP contribution is -2.46. The fraction of sp³-hybridized carbons (Fsp3) is 0.385. The van der Waals surface area contributed by atoms with Crippen molar-refractivity contribution in [3.63, 3.8) is 0 Å². The van der Waals surface area contributed by atoms with E-state index < -0.39 is 11.5 Å². The van der Waals surface area contributed by atoms with E-state index in [4.69, 9.17) is 9.47 Å². The number of hydrogen-bond donors (Lipinski definition) is 0. The molecule has 6 bridgehead atoms. The Kier molecular flexibility index (Phi) is 5.29. The summed E-state index contributed by atoms with van der Waals surface area (Å²) in [6.45, 7) is 1.94. The number of aryl methyl sites for hydroxylation is 1. The van der Waals surface area contributed by atoms with Crippen LogP contribution in [0.2, 0.25) is 0 Å². The van der Waals surface area contributed by atoms with Gasteiger partial charge >= 0.3 is 0 Å². The Bertz CT molecular complexity index is 1290. The lowest BCUT2D eigenvalue weighted by atomic mass is 9.72. The first-order valence-electron chi connectivity index (χ1n) is 11.9. The number of fused-ring (bicyclic) bond motifs is 8. The van der Waals surface area contributed by atoms with Crippen molar-refractivity contribution in [3.8, 4) is 5.75 Å². The van der Waals surface area contributed by atoms with Gasteiger partial charge in [-0.25, -0.2) is 0 Å². The molecule has 4 heterocycles. The largest absolute Gasteiger partial charge is 0.494 e. The van der Waals surface area contributed by atoms with Crippen molar-refractivity contribution in [1.29, 1.82) is 0 Å². The van der Waals surface area contributed by atoms with Gasteiger partial charge in [-0.3, -0.25) is 14.3 Å². The van der Waals surface area contributed by atoms with Gasteiger partial charge in [-0.15, -0.1) is 5.10 Å². The third kappa shape index (κ3) is 3.41. The molecule has 0 saturated carbocycles. The topological polar surface area (TPSA) is 89.8 Å². The third-order valence-electron chi connectivity index (χ3n) is 7.30. The number of ether oxygens (including phenoxy) is 2. The summed E-state index contributed by atoms with van der Waals surface area (Å²) in [6.07, 6.45) is 3.18. The summed E-state index contributed by atoms with van der Waals surface area (Å²) in [7, 11) is 1.51. The molecule has 2 atom stereocenters. The minimum atomic E-state index is -0.908. The molecule has 3 aromatic rings. The van der Waals surface area contributed by atoms with E-state index >= 15 is 0 Å². The number of benzene rings is 2. The molecule has 0 radical (unpaired) electrons. The number of likely N-dealkylation sites (tertiary alicyclic amines) is 1.